The third-order valence-corrected chi connectivity index (χ3v) is 4.49. The fraction of sp³-hybridized carbons (Fsp3) is 0.667. The van der Waals surface area contributed by atoms with Crippen molar-refractivity contribution in [2.45, 2.75) is 32.9 Å². The van der Waals surface area contributed by atoms with Crippen molar-refractivity contribution in [3.05, 3.63) is 20.8 Å². The maximum atomic E-state index is 3.48. The van der Waals surface area contributed by atoms with Gasteiger partial charge >= 0.3 is 0 Å². The Hall–Kier alpha value is 0.390. The topological polar surface area (TPSA) is 15.3 Å². The van der Waals surface area contributed by atoms with Crippen molar-refractivity contribution in [1.29, 1.82) is 0 Å². The number of hydrogen-bond acceptors (Lipinski definition) is 3. The van der Waals surface area contributed by atoms with Gasteiger partial charge in [0.2, 0.25) is 0 Å². The van der Waals surface area contributed by atoms with Crippen LogP contribution in [0, 0.1) is 0 Å². The second kappa shape index (κ2) is 9.34. The van der Waals surface area contributed by atoms with Crippen molar-refractivity contribution in [1.82, 2.24) is 10.2 Å². The Morgan fingerprint density at radius 2 is 2.24 bits per heavy atom. The lowest BCUT2D eigenvalue weighted by atomic mass is 10.2. The van der Waals surface area contributed by atoms with E-state index in [1.165, 1.54) is 15.8 Å². The van der Waals surface area contributed by atoms with Crippen LogP contribution in [0.25, 0.3) is 0 Å². The van der Waals surface area contributed by atoms with Gasteiger partial charge in [-0.05, 0) is 53.3 Å². The molecule has 0 spiro atoms. The molecule has 5 heteroatoms. The third-order valence-electron chi connectivity index (χ3n) is 2.94. The molecule has 1 aromatic rings. The zero-order chi connectivity index (χ0) is 12.0. The first-order chi connectivity index (χ1) is 7.63. The standard InChI is InChI=1S/C12H21BrN2S.ClH/c1-4-10(2)15(3)6-5-14-8-11-7-12(13)16-9-11;/h7,9-10,14H,4-6,8H2,1-3H3;1H. The van der Waals surface area contributed by atoms with Gasteiger partial charge in [-0.3, -0.25) is 0 Å². The fourth-order valence-corrected chi connectivity index (χ4v) is 2.67. The van der Waals surface area contributed by atoms with Gasteiger partial charge in [-0.1, -0.05) is 6.92 Å². The number of thiophene rings is 1. The molecule has 0 radical (unpaired) electrons. The minimum atomic E-state index is 0. The predicted octanol–water partition coefficient (Wildman–Crippen LogP) is 3.75. The Morgan fingerprint density at radius 3 is 2.76 bits per heavy atom. The molecule has 0 bridgehead atoms. The molecule has 0 aliphatic rings. The molecule has 1 heterocycles. The second-order valence-electron chi connectivity index (χ2n) is 4.17. The predicted molar refractivity (Wildman–Crippen MR) is 83.4 cm³/mol. The average molecular weight is 342 g/mol. The molecule has 0 amide bonds. The van der Waals surface area contributed by atoms with Gasteiger partial charge in [-0.25, -0.2) is 0 Å². The third kappa shape index (κ3) is 6.77. The first-order valence-corrected chi connectivity index (χ1v) is 7.44. The van der Waals surface area contributed by atoms with Crippen molar-refractivity contribution >= 4 is 39.7 Å². The van der Waals surface area contributed by atoms with Crippen LogP contribution in [0.4, 0.5) is 0 Å². The van der Waals surface area contributed by atoms with Crippen molar-refractivity contribution in [3.8, 4) is 0 Å². The lowest BCUT2D eigenvalue weighted by Crippen LogP contribution is -2.34. The van der Waals surface area contributed by atoms with E-state index in [0.29, 0.717) is 6.04 Å². The molecular weight excluding hydrogens is 320 g/mol. The molecule has 0 fully saturated rings. The van der Waals surface area contributed by atoms with Gasteiger partial charge in [0.1, 0.15) is 0 Å². The summed E-state index contributed by atoms with van der Waals surface area (Å²) in [6.07, 6.45) is 1.22. The van der Waals surface area contributed by atoms with E-state index in [0.717, 1.165) is 19.6 Å². The molecule has 17 heavy (non-hydrogen) atoms. The van der Waals surface area contributed by atoms with E-state index < -0.39 is 0 Å². The average Bonchev–Trinajstić information content (AvgIpc) is 2.69. The molecule has 0 aliphatic heterocycles. The van der Waals surface area contributed by atoms with Crippen LogP contribution in [0.15, 0.2) is 15.2 Å². The van der Waals surface area contributed by atoms with Crippen molar-refractivity contribution in [2.75, 3.05) is 20.1 Å². The van der Waals surface area contributed by atoms with Gasteiger partial charge in [0.15, 0.2) is 0 Å². The lowest BCUT2D eigenvalue weighted by molar-refractivity contribution is 0.252. The first-order valence-electron chi connectivity index (χ1n) is 5.77. The Morgan fingerprint density at radius 1 is 1.53 bits per heavy atom. The highest BCUT2D eigenvalue weighted by Gasteiger charge is 2.05. The van der Waals surface area contributed by atoms with Crippen molar-refractivity contribution < 1.29 is 0 Å². The highest BCUT2D eigenvalue weighted by Crippen LogP contribution is 2.20. The van der Waals surface area contributed by atoms with Crippen LogP contribution >= 0.6 is 39.7 Å². The summed E-state index contributed by atoms with van der Waals surface area (Å²) in [5, 5.41) is 5.66. The van der Waals surface area contributed by atoms with Gasteiger partial charge in [-0.2, -0.15) is 0 Å². The largest absolute Gasteiger partial charge is 0.311 e. The van der Waals surface area contributed by atoms with E-state index in [9.17, 15) is 0 Å². The van der Waals surface area contributed by atoms with Crippen LogP contribution in [-0.4, -0.2) is 31.1 Å². The van der Waals surface area contributed by atoms with E-state index in [1.807, 2.05) is 0 Å². The summed E-state index contributed by atoms with van der Waals surface area (Å²) in [5.41, 5.74) is 1.36. The van der Waals surface area contributed by atoms with E-state index in [2.05, 4.69) is 58.5 Å². The van der Waals surface area contributed by atoms with E-state index in [4.69, 9.17) is 0 Å². The minimum Gasteiger partial charge on any atom is -0.311 e. The van der Waals surface area contributed by atoms with Crippen molar-refractivity contribution in [3.63, 3.8) is 0 Å². The van der Waals surface area contributed by atoms with E-state index in [-0.39, 0.29) is 12.4 Å². The maximum absolute atomic E-state index is 3.48. The van der Waals surface area contributed by atoms with Crippen LogP contribution in [0.5, 0.6) is 0 Å². The van der Waals surface area contributed by atoms with Gasteiger partial charge in [0.05, 0.1) is 3.79 Å². The van der Waals surface area contributed by atoms with Crippen LogP contribution in [0.1, 0.15) is 25.8 Å². The SMILES string of the molecule is CCC(C)N(C)CCNCc1csc(Br)c1.Cl. The summed E-state index contributed by atoms with van der Waals surface area (Å²) in [5.74, 6) is 0. The Kier molecular flexibility index (Phi) is 9.55. The molecule has 0 saturated carbocycles. The molecule has 0 saturated heterocycles. The Bertz CT molecular complexity index is 306. The molecule has 0 aliphatic carbocycles. The summed E-state index contributed by atoms with van der Waals surface area (Å²) >= 11 is 5.22. The number of hydrogen-bond donors (Lipinski definition) is 1. The van der Waals surface area contributed by atoms with Crippen LogP contribution in [0.3, 0.4) is 0 Å². The van der Waals surface area contributed by atoms with Crippen LogP contribution in [0.2, 0.25) is 0 Å². The van der Waals surface area contributed by atoms with Crippen molar-refractivity contribution in [2.24, 2.45) is 0 Å². The Labute approximate surface area is 123 Å². The molecule has 100 valence electrons. The zero-order valence-electron chi connectivity index (χ0n) is 10.7. The van der Waals surface area contributed by atoms with Gasteiger partial charge in [-0.15, -0.1) is 23.7 Å². The number of nitrogens with one attached hydrogen (secondary N) is 1. The van der Waals surface area contributed by atoms with Gasteiger partial charge < -0.3 is 10.2 Å². The van der Waals surface area contributed by atoms with E-state index >= 15 is 0 Å². The zero-order valence-corrected chi connectivity index (χ0v) is 13.9. The highest BCUT2D eigenvalue weighted by molar-refractivity contribution is 9.11. The number of nitrogens with zero attached hydrogens (tertiary/aromatic N) is 1. The lowest BCUT2D eigenvalue weighted by Gasteiger charge is -2.23. The smallest absolute Gasteiger partial charge is 0.0701 e. The molecule has 1 aromatic heterocycles. The molecule has 1 atom stereocenters. The summed E-state index contributed by atoms with van der Waals surface area (Å²) < 4.78 is 1.21. The fourth-order valence-electron chi connectivity index (χ4n) is 1.46. The van der Waals surface area contributed by atoms with Crippen LogP contribution < -0.4 is 5.32 Å². The summed E-state index contributed by atoms with van der Waals surface area (Å²) in [6, 6.07) is 2.85. The van der Waals surface area contributed by atoms with E-state index in [1.54, 1.807) is 11.3 Å². The maximum Gasteiger partial charge on any atom is 0.0701 e. The molecule has 1 rings (SSSR count). The molecule has 2 nitrogen and oxygen atoms in total. The highest BCUT2D eigenvalue weighted by atomic mass is 79.9. The monoisotopic (exact) mass is 340 g/mol. The van der Waals surface area contributed by atoms with Gasteiger partial charge in [0.25, 0.3) is 0 Å². The molecule has 1 unspecified atom stereocenters. The summed E-state index contributed by atoms with van der Waals surface area (Å²) in [7, 11) is 2.19. The Balaban J connectivity index is 0.00000256. The summed E-state index contributed by atoms with van der Waals surface area (Å²) in [6.45, 7) is 7.64. The molecule has 1 N–H and O–H groups in total. The first kappa shape index (κ1) is 17.4. The summed E-state index contributed by atoms with van der Waals surface area (Å²) in [4.78, 5) is 2.40. The number of halogens is 2. The second-order valence-corrected chi connectivity index (χ2v) is 6.46. The van der Waals surface area contributed by atoms with Crippen LogP contribution in [-0.2, 0) is 6.54 Å². The van der Waals surface area contributed by atoms with Gasteiger partial charge in [0, 0.05) is 25.7 Å². The molecular formula is C12H22BrClN2S. The quantitative estimate of drug-likeness (QED) is 0.760. The number of likely N-dealkylation sites (N-methyl/N-ethyl adjacent to an activating group) is 1. The number of rotatable bonds is 7. The minimum absolute atomic E-state index is 0. The molecule has 0 aromatic carbocycles. The normalized spacial score (nSPS) is 12.5.